The lowest BCUT2D eigenvalue weighted by Crippen LogP contribution is -2.53. The molecule has 4 aromatic rings. The molecule has 0 saturated heterocycles. The summed E-state index contributed by atoms with van der Waals surface area (Å²) in [6, 6.07) is 27.0. The number of hydrogen-bond donors (Lipinski definition) is 1. The highest BCUT2D eigenvalue weighted by Crippen LogP contribution is 2.32. The third kappa shape index (κ3) is 8.69. The molecule has 4 aromatic carbocycles. The lowest BCUT2D eigenvalue weighted by atomic mass is 10.0. The molecule has 4 rings (SSSR count). The first-order valence-electron chi connectivity index (χ1n) is 15.2. The van der Waals surface area contributed by atoms with Crippen LogP contribution >= 0.6 is 23.2 Å². The molecule has 0 fully saturated rings. The number of aryl methyl sites for hydroxylation is 1. The number of hydrogen-bond acceptors (Lipinski definition) is 4. The number of amides is 2. The van der Waals surface area contributed by atoms with E-state index in [0.717, 1.165) is 28.3 Å². The number of sulfonamides is 1. The molecular formula is C36H39Cl2N3O4S. The predicted molar refractivity (Wildman–Crippen MR) is 186 cm³/mol. The van der Waals surface area contributed by atoms with Gasteiger partial charge in [-0.2, -0.15) is 0 Å². The van der Waals surface area contributed by atoms with Gasteiger partial charge in [0.05, 0.1) is 10.6 Å². The van der Waals surface area contributed by atoms with Crippen molar-refractivity contribution in [2.24, 2.45) is 0 Å². The van der Waals surface area contributed by atoms with Gasteiger partial charge in [-0.1, -0.05) is 109 Å². The van der Waals surface area contributed by atoms with E-state index in [4.69, 9.17) is 23.2 Å². The van der Waals surface area contributed by atoms with Crippen LogP contribution in [-0.4, -0.2) is 44.3 Å². The topological polar surface area (TPSA) is 86.8 Å². The summed E-state index contributed by atoms with van der Waals surface area (Å²) in [4.78, 5) is 29.9. The SMILES string of the molecule is CCCCNC(=O)[C@@H](Cc1ccccc1)N(Cc1ccccc1Cl)C(=O)CN(c1cccc(Cl)c1C)S(=O)(=O)c1ccc(C)cc1. The smallest absolute Gasteiger partial charge is 0.264 e. The van der Waals surface area contributed by atoms with Gasteiger partial charge in [-0.25, -0.2) is 8.42 Å². The lowest BCUT2D eigenvalue weighted by molar-refractivity contribution is -0.140. The number of carbonyl (C=O) groups is 2. The highest BCUT2D eigenvalue weighted by Gasteiger charge is 2.35. The molecule has 1 atom stereocenters. The first kappa shape index (κ1) is 35.0. The molecule has 0 aliphatic heterocycles. The van der Waals surface area contributed by atoms with Gasteiger partial charge in [-0.3, -0.25) is 13.9 Å². The second kappa shape index (κ2) is 16.1. The molecule has 2 amide bonds. The molecule has 0 aliphatic carbocycles. The zero-order chi connectivity index (χ0) is 33.3. The first-order valence-corrected chi connectivity index (χ1v) is 17.4. The number of halogens is 2. The number of benzene rings is 4. The maximum absolute atomic E-state index is 14.6. The Kier molecular flexibility index (Phi) is 12.3. The molecule has 0 aromatic heterocycles. The van der Waals surface area contributed by atoms with Crippen LogP contribution in [0, 0.1) is 13.8 Å². The Morgan fingerprint density at radius 1 is 0.826 bits per heavy atom. The van der Waals surface area contributed by atoms with Crippen molar-refractivity contribution in [2.75, 3.05) is 17.4 Å². The fraction of sp³-hybridized carbons (Fsp3) is 0.278. The minimum absolute atomic E-state index is 0.00977. The summed E-state index contributed by atoms with van der Waals surface area (Å²) in [5.41, 5.74) is 3.15. The van der Waals surface area contributed by atoms with E-state index in [2.05, 4.69) is 5.32 Å². The number of nitrogens with zero attached hydrogens (tertiary/aromatic N) is 2. The Morgan fingerprint density at radius 3 is 2.15 bits per heavy atom. The molecule has 0 unspecified atom stereocenters. The van der Waals surface area contributed by atoms with Crippen molar-refractivity contribution in [2.45, 2.75) is 57.5 Å². The van der Waals surface area contributed by atoms with E-state index in [0.29, 0.717) is 27.7 Å². The predicted octanol–water partition coefficient (Wildman–Crippen LogP) is 7.36. The molecule has 46 heavy (non-hydrogen) atoms. The molecule has 0 radical (unpaired) electrons. The number of unbranched alkanes of at least 4 members (excludes halogenated alkanes) is 1. The highest BCUT2D eigenvalue weighted by atomic mass is 35.5. The lowest BCUT2D eigenvalue weighted by Gasteiger charge is -2.34. The third-order valence-corrected chi connectivity index (χ3v) is 10.3. The molecule has 0 spiro atoms. The summed E-state index contributed by atoms with van der Waals surface area (Å²) < 4.78 is 29.6. The van der Waals surface area contributed by atoms with Crippen LogP contribution in [0.5, 0.6) is 0 Å². The Morgan fingerprint density at radius 2 is 1.48 bits per heavy atom. The van der Waals surface area contributed by atoms with Gasteiger partial charge in [0.2, 0.25) is 11.8 Å². The second-order valence-electron chi connectivity index (χ2n) is 11.2. The molecule has 242 valence electrons. The van der Waals surface area contributed by atoms with Crippen molar-refractivity contribution >= 4 is 50.7 Å². The van der Waals surface area contributed by atoms with Gasteiger partial charge in [0.15, 0.2) is 0 Å². The van der Waals surface area contributed by atoms with Crippen molar-refractivity contribution in [3.63, 3.8) is 0 Å². The zero-order valence-corrected chi connectivity index (χ0v) is 28.6. The van der Waals surface area contributed by atoms with Crippen LogP contribution in [0.15, 0.2) is 102 Å². The molecule has 0 saturated carbocycles. The maximum atomic E-state index is 14.6. The van der Waals surface area contributed by atoms with Crippen LogP contribution in [0.3, 0.4) is 0 Å². The van der Waals surface area contributed by atoms with Crippen molar-refractivity contribution in [3.05, 3.63) is 129 Å². The Bertz CT molecular complexity index is 1750. The number of nitrogens with one attached hydrogen (secondary N) is 1. The molecule has 0 heterocycles. The van der Waals surface area contributed by atoms with Gasteiger partial charge in [0, 0.05) is 29.6 Å². The van der Waals surface area contributed by atoms with Crippen molar-refractivity contribution in [1.82, 2.24) is 10.2 Å². The van der Waals surface area contributed by atoms with Gasteiger partial charge >= 0.3 is 0 Å². The van der Waals surface area contributed by atoms with Crippen molar-refractivity contribution in [1.29, 1.82) is 0 Å². The zero-order valence-electron chi connectivity index (χ0n) is 26.2. The maximum Gasteiger partial charge on any atom is 0.264 e. The van der Waals surface area contributed by atoms with Crippen LogP contribution in [0.2, 0.25) is 10.0 Å². The first-order chi connectivity index (χ1) is 22.0. The summed E-state index contributed by atoms with van der Waals surface area (Å²) in [6.07, 6.45) is 1.88. The Hall–Kier alpha value is -3.85. The average Bonchev–Trinajstić information content (AvgIpc) is 3.04. The summed E-state index contributed by atoms with van der Waals surface area (Å²) in [5.74, 6) is -0.897. The van der Waals surface area contributed by atoms with E-state index in [1.807, 2.05) is 44.2 Å². The normalized spacial score (nSPS) is 11.9. The highest BCUT2D eigenvalue weighted by molar-refractivity contribution is 7.92. The van der Waals surface area contributed by atoms with Crippen LogP contribution in [0.25, 0.3) is 0 Å². The van der Waals surface area contributed by atoms with E-state index < -0.39 is 28.5 Å². The number of anilines is 1. The van der Waals surface area contributed by atoms with Gasteiger partial charge < -0.3 is 10.2 Å². The summed E-state index contributed by atoms with van der Waals surface area (Å²) >= 11 is 13.0. The fourth-order valence-electron chi connectivity index (χ4n) is 5.09. The van der Waals surface area contributed by atoms with E-state index in [9.17, 15) is 18.0 Å². The van der Waals surface area contributed by atoms with Crippen LogP contribution in [0.4, 0.5) is 5.69 Å². The van der Waals surface area contributed by atoms with Crippen LogP contribution < -0.4 is 9.62 Å². The van der Waals surface area contributed by atoms with Crippen LogP contribution in [0.1, 0.15) is 42.0 Å². The number of rotatable bonds is 14. The standard InChI is InChI=1S/C36H39Cl2N3O4S/c1-4-5-22-39-36(43)34(23-28-12-7-6-8-13-28)40(24-29-14-9-10-15-32(29)38)35(42)25-41(33-17-11-16-31(37)27(33)3)46(44,45)30-20-18-26(2)19-21-30/h6-21,34H,4-5,22-25H2,1-3H3,(H,39,43)/t34-/m1/s1. The summed E-state index contributed by atoms with van der Waals surface area (Å²) in [6.45, 7) is 5.47. The second-order valence-corrected chi connectivity index (χ2v) is 13.8. The van der Waals surface area contributed by atoms with Crippen molar-refractivity contribution < 1.29 is 18.0 Å². The average molecular weight is 681 g/mol. The largest absolute Gasteiger partial charge is 0.354 e. The molecule has 0 aliphatic rings. The minimum Gasteiger partial charge on any atom is -0.354 e. The van der Waals surface area contributed by atoms with Gasteiger partial charge in [0.25, 0.3) is 10.0 Å². The summed E-state index contributed by atoms with van der Waals surface area (Å²) in [5, 5.41) is 3.78. The van der Waals surface area contributed by atoms with Gasteiger partial charge in [-0.15, -0.1) is 0 Å². The molecule has 7 nitrogen and oxygen atoms in total. The quantitative estimate of drug-likeness (QED) is 0.141. The van der Waals surface area contributed by atoms with E-state index in [1.165, 1.54) is 17.0 Å². The van der Waals surface area contributed by atoms with E-state index in [-0.39, 0.29) is 29.5 Å². The monoisotopic (exact) mass is 679 g/mol. The van der Waals surface area contributed by atoms with Gasteiger partial charge in [0.1, 0.15) is 12.6 Å². The Balaban J connectivity index is 1.83. The Labute approximate surface area is 282 Å². The summed E-state index contributed by atoms with van der Waals surface area (Å²) in [7, 11) is -4.24. The molecule has 0 bridgehead atoms. The minimum atomic E-state index is -4.24. The van der Waals surface area contributed by atoms with Crippen molar-refractivity contribution in [3.8, 4) is 0 Å². The molecule has 1 N–H and O–H groups in total. The van der Waals surface area contributed by atoms with Crippen LogP contribution in [-0.2, 0) is 32.6 Å². The molecule has 10 heteroatoms. The fourth-order valence-corrected chi connectivity index (χ4v) is 6.92. The van der Waals surface area contributed by atoms with E-state index >= 15 is 0 Å². The third-order valence-electron chi connectivity index (χ3n) is 7.79. The molecular weight excluding hydrogens is 641 g/mol. The van der Waals surface area contributed by atoms with Gasteiger partial charge in [-0.05, 0) is 67.3 Å². The number of carbonyl (C=O) groups excluding carboxylic acids is 2. The van der Waals surface area contributed by atoms with E-state index in [1.54, 1.807) is 61.5 Å².